The van der Waals surface area contributed by atoms with Crippen molar-refractivity contribution in [3.8, 4) is 0 Å². The molecule has 0 aliphatic heterocycles. The number of hydrogen-bond acceptors (Lipinski definition) is 2. The Labute approximate surface area is 108 Å². The van der Waals surface area contributed by atoms with Gasteiger partial charge in [0.25, 0.3) is 0 Å². The molecule has 0 bridgehead atoms. The van der Waals surface area contributed by atoms with Crippen LogP contribution in [0.5, 0.6) is 0 Å². The Morgan fingerprint density at radius 1 is 1.24 bits per heavy atom. The van der Waals surface area contributed by atoms with Gasteiger partial charge < -0.3 is 10.1 Å². The van der Waals surface area contributed by atoms with Crippen molar-refractivity contribution >= 4 is 0 Å². The summed E-state index contributed by atoms with van der Waals surface area (Å²) in [6.45, 7) is 8.99. The molecule has 1 rings (SSSR count). The highest BCUT2D eigenvalue weighted by Crippen LogP contribution is 2.33. The summed E-state index contributed by atoms with van der Waals surface area (Å²) >= 11 is 0. The monoisotopic (exact) mass is 241 g/mol. The van der Waals surface area contributed by atoms with Crippen molar-refractivity contribution in [3.63, 3.8) is 0 Å². The summed E-state index contributed by atoms with van der Waals surface area (Å²) in [5.41, 5.74) is 0. The molecule has 2 atom stereocenters. The van der Waals surface area contributed by atoms with Gasteiger partial charge in [0.1, 0.15) is 0 Å². The second-order valence-corrected chi connectivity index (χ2v) is 5.86. The molecule has 0 heterocycles. The maximum absolute atomic E-state index is 5.22. The molecule has 0 radical (unpaired) electrons. The lowest BCUT2D eigenvalue weighted by Crippen LogP contribution is -2.43. The molecule has 0 aromatic heterocycles. The van der Waals surface area contributed by atoms with E-state index in [9.17, 15) is 0 Å². The molecule has 1 N–H and O–H groups in total. The summed E-state index contributed by atoms with van der Waals surface area (Å²) in [4.78, 5) is 0. The summed E-state index contributed by atoms with van der Waals surface area (Å²) in [5, 5.41) is 3.72. The summed E-state index contributed by atoms with van der Waals surface area (Å²) < 4.78 is 5.22. The SMILES string of the molecule is CCNC(C(C)CCOC)C1CCC(C)CC1. The predicted octanol–water partition coefficient (Wildman–Crippen LogP) is 3.46. The van der Waals surface area contributed by atoms with Gasteiger partial charge in [0, 0.05) is 19.8 Å². The number of hydrogen-bond donors (Lipinski definition) is 1. The molecule has 1 aliphatic carbocycles. The zero-order valence-corrected chi connectivity index (χ0v) is 12.2. The molecule has 0 aromatic carbocycles. The third-order valence-corrected chi connectivity index (χ3v) is 4.40. The fraction of sp³-hybridized carbons (Fsp3) is 1.00. The van der Waals surface area contributed by atoms with Crippen molar-refractivity contribution in [1.29, 1.82) is 0 Å². The van der Waals surface area contributed by atoms with Crippen LogP contribution in [0.1, 0.15) is 52.9 Å². The number of methoxy groups -OCH3 is 1. The van der Waals surface area contributed by atoms with Crippen LogP contribution >= 0.6 is 0 Å². The normalized spacial score (nSPS) is 28.9. The molecule has 1 saturated carbocycles. The number of ether oxygens (including phenoxy) is 1. The minimum Gasteiger partial charge on any atom is -0.385 e. The van der Waals surface area contributed by atoms with Crippen molar-refractivity contribution < 1.29 is 4.74 Å². The van der Waals surface area contributed by atoms with Crippen LogP contribution in [-0.2, 0) is 4.74 Å². The highest BCUT2D eigenvalue weighted by Gasteiger charge is 2.28. The first-order chi connectivity index (χ1) is 8.19. The van der Waals surface area contributed by atoms with Gasteiger partial charge in [-0.1, -0.05) is 33.6 Å². The summed E-state index contributed by atoms with van der Waals surface area (Å²) in [6, 6.07) is 0.697. The summed E-state index contributed by atoms with van der Waals surface area (Å²) in [7, 11) is 1.80. The van der Waals surface area contributed by atoms with Crippen molar-refractivity contribution in [2.24, 2.45) is 17.8 Å². The minimum absolute atomic E-state index is 0.697. The fourth-order valence-corrected chi connectivity index (χ4v) is 3.20. The van der Waals surface area contributed by atoms with E-state index in [-0.39, 0.29) is 0 Å². The molecule has 0 saturated heterocycles. The van der Waals surface area contributed by atoms with Gasteiger partial charge in [0.2, 0.25) is 0 Å². The van der Waals surface area contributed by atoms with Gasteiger partial charge in [-0.2, -0.15) is 0 Å². The van der Waals surface area contributed by atoms with Gasteiger partial charge in [0.05, 0.1) is 0 Å². The fourth-order valence-electron chi connectivity index (χ4n) is 3.20. The number of nitrogens with one attached hydrogen (secondary N) is 1. The Balaban J connectivity index is 2.45. The van der Waals surface area contributed by atoms with Crippen LogP contribution in [0.4, 0.5) is 0 Å². The molecule has 1 aliphatic rings. The standard InChI is InChI=1S/C15H31NO/c1-5-16-15(13(3)10-11-17-4)14-8-6-12(2)7-9-14/h12-16H,5-11H2,1-4H3. The lowest BCUT2D eigenvalue weighted by Gasteiger charge is -2.36. The van der Waals surface area contributed by atoms with E-state index in [2.05, 4.69) is 26.1 Å². The first kappa shape index (κ1) is 15.0. The van der Waals surface area contributed by atoms with E-state index < -0.39 is 0 Å². The lowest BCUT2D eigenvalue weighted by molar-refractivity contribution is 0.141. The van der Waals surface area contributed by atoms with Crippen LogP contribution in [0.25, 0.3) is 0 Å². The van der Waals surface area contributed by atoms with Crippen LogP contribution in [0.3, 0.4) is 0 Å². The first-order valence-corrected chi connectivity index (χ1v) is 7.41. The molecule has 2 nitrogen and oxygen atoms in total. The quantitative estimate of drug-likeness (QED) is 0.737. The topological polar surface area (TPSA) is 21.3 Å². The Morgan fingerprint density at radius 2 is 1.88 bits per heavy atom. The van der Waals surface area contributed by atoms with Crippen molar-refractivity contribution in [2.75, 3.05) is 20.3 Å². The minimum atomic E-state index is 0.697. The lowest BCUT2D eigenvalue weighted by atomic mass is 9.75. The average Bonchev–Trinajstić information content (AvgIpc) is 2.34. The molecule has 2 unspecified atom stereocenters. The van der Waals surface area contributed by atoms with Gasteiger partial charge in [-0.05, 0) is 43.6 Å². The van der Waals surface area contributed by atoms with E-state index in [1.165, 1.54) is 32.1 Å². The molecular weight excluding hydrogens is 210 g/mol. The van der Waals surface area contributed by atoms with Crippen LogP contribution in [-0.4, -0.2) is 26.3 Å². The largest absolute Gasteiger partial charge is 0.385 e. The highest BCUT2D eigenvalue weighted by molar-refractivity contribution is 4.84. The third kappa shape index (κ3) is 4.97. The van der Waals surface area contributed by atoms with Crippen LogP contribution in [0.15, 0.2) is 0 Å². The Bertz CT molecular complexity index is 187. The van der Waals surface area contributed by atoms with Crippen molar-refractivity contribution in [1.82, 2.24) is 5.32 Å². The van der Waals surface area contributed by atoms with E-state index in [4.69, 9.17) is 4.74 Å². The zero-order valence-electron chi connectivity index (χ0n) is 12.2. The van der Waals surface area contributed by atoms with Crippen molar-refractivity contribution in [3.05, 3.63) is 0 Å². The second-order valence-electron chi connectivity index (χ2n) is 5.86. The number of rotatable bonds is 7. The molecule has 17 heavy (non-hydrogen) atoms. The molecule has 2 heteroatoms. The Hall–Kier alpha value is -0.0800. The predicted molar refractivity (Wildman–Crippen MR) is 74.2 cm³/mol. The average molecular weight is 241 g/mol. The molecule has 0 aromatic rings. The van der Waals surface area contributed by atoms with E-state index in [1.54, 1.807) is 7.11 Å². The van der Waals surface area contributed by atoms with Crippen LogP contribution in [0, 0.1) is 17.8 Å². The van der Waals surface area contributed by atoms with E-state index >= 15 is 0 Å². The second kappa shape index (κ2) is 8.10. The molecule has 0 amide bonds. The van der Waals surface area contributed by atoms with E-state index in [0.717, 1.165) is 30.9 Å². The zero-order chi connectivity index (χ0) is 12.7. The summed E-state index contributed by atoms with van der Waals surface area (Å²) in [6.07, 6.45) is 6.85. The van der Waals surface area contributed by atoms with Gasteiger partial charge >= 0.3 is 0 Å². The van der Waals surface area contributed by atoms with Gasteiger partial charge in [-0.15, -0.1) is 0 Å². The third-order valence-electron chi connectivity index (χ3n) is 4.40. The molecule has 1 fully saturated rings. The van der Waals surface area contributed by atoms with Gasteiger partial charge in [0.15, 0.2) is 0 Å². The van der Waals surface area contributed by atoms with Gasteiger partial charge in [-0.25, -0.2) is 0 Å². The highest BCUT2D eigenvalue weighted by atomic mass is 16.5. The molecule has 102 valence electrons. The van der Waals surface area contributed by atoms with E-state index in [0.29, 0.717) is 6.04 Å². The maximum Gasteiger partial charge on any atom is 0.0465 e. The van der Waals surface area contributed by atoms with Crippen LogP contribution in [0.2, 0.25) is 0 Å². The Morgan fingerprint density at radius 3 is 2.41 bits per heavy atom. The maximum atomic E-state index is 5.22. The Kier molecular flexibility index (Phi) is 7.14. The van der Waals surface area contributed by atoms with Gasteiger partial charge in [-0.3, -0.25) is 0 Å². The molecule has 0 spiro atoms. The van der Waals surface area contributed by atoms with E-state index in [1.807, 2.05) is 0 Å². The van der Waals surface area contributed by atoms with Crippen LogP contribution < -0.4 is 5.32 Å². The molecular formula is C15H31NO. The first-order valence-electron chi connectivity index (χ1n) is 7.41. The summed E-state index contributed by atoms with van der Waals surface area (Å²) in [5.74, 6) is 2.56. The smallest absolute Gasteiger partial charge is 0.0465 e. The van der Waals surface area contributed by atoms with Crippen molar-refractivity contribution in [2.45, 2.75) is 58.9 Å².